The molecule has 0 radical (unpaired) electrons. The first-order valence-corrected chi connectivity index (χ1v) is 6.06. The first kappa shape index (κ1) is 11.7. The summed E-state index contributed by atoms with van der Waals surface area (Å²) in [5.74, 6) is 1.04. The number of aliphatic hydroxyl groups is 1. The molecule has 0 unspecified atom stereocenters. The molecule has 0 amide bonds. The molecule has 3 rings (SSSR count). The summed E-state index contributed by atoms with van der Waals surface area (Å²) < 4.78 is 0. The highest BCUT2D eigenvalue weighted by Crippen LogP contribution is 2.26. The third-order valence-electron chi connectivity index (χ3n) is 3.32. The van der Waals surface area contributed by atoms with Gasteiger partial charge in [0, 0.05) is 23.0 Å². The van der Waals surface area contributed by atoms with Gasteiger partial charge in [-0.1, -0.05) is 0 Å². The van der Waals surface area contributed by atoms with Crippen LogP contribution in [0.4, 0.5) is 11.6 Å². The van der Waals surface area contributed by atoms with Crippen LogP contribution in [0, 0.1) is 11.3 Å². The summed E-state index contributed by atoms with van der Waals surface area (Å²) in [5.41, 5.74) is 6.13. The molecule has 2 aromatic rings. The summed E-state index contributed by atoms with van der Waals surface area (Å²) in [7, 11) is 0. The number of pyridine rings is 2. The third kappa shape index (κ3) is 2.16. The normalized spacial score (nSPS) is 21.7. The highest BCUT2D eigenvalue weighted by atomic mass is 16.3. The SMILES string of the molecule is N#Cc1cc2cnc(N[C@H]3C[C@@H](O)C3)cc2c(N)n1. The van der Waals surface area contributed by atoms with E-state index in [4.69, 9.17) is 11.0 Å². The fraction of sp³-hybridized carbons (Fsp3) is 0.308. The van der Waals surface area contributed by atoms with Gasteiger partial charge in [-0.25, -0.2) is 9.97 Å². The van der Waals surface area contributed by atoms with Crippen LogP contribution in [0.25, 0.3) is 10.8 Å². The molecule has 4 N–H and O–H groups in total. The Morgan fingerprint density at radius 3 is 2.89 bits per heavy atom. The lowest BCUT2D eigenvalue weighted by molar-refractivity contribution is 0.0835. The number of fused-ring (bicyclic) bond motifs is 1. The number of rotatable bonds is 2. The van der Waals surface area contributed by atoms with Gasteiger partial charge in [-0.3, -0.25) is 0 Å². The van der Waals surface area contributed by atoms with Gasteiger partial charge in [0.1, 0.15) is 23.4 Å². The molecule has 0 bridgehead atoms. The lowest BCUT2D eigenvalue weighted by Crippen LogP contribution is -2.39. The maximum absolute atomic E-state index is 9.25. The fourth-order valence-corrected chi connectivity index (χ4v) is 2.22. The van der Waals surface area contributed by atoms with E-state index < -0.39 is 0 Å². The summed E-state index contributed by atoms with van der Waals surface area (Å²) in [5, 5.41) is 22.9. The number of hydrogen-bond acceptors (Lipinski definition) is 6. The van der Waals surface area contributed by atoms with E-state index in [1.807, 2.05) is 12.1 Å². The average molecular weight is 255 g/mol. The smallest absolute Gasteiger partial charge is 0.143 e. The van der Waals surface area contributed by atoms with Crippen molar-refractivity contribution in [3.63, 3.8) is 0 Å². The molecule has 2 aromatic heterocycles. The number of nitrogens with one attached hydrogen (secondary N) is 1. The van der Waals surface area contributed by atoms with Gasteiger partial charge in [0.05, 0.1) is 6.10 Å². The predicted molar refractivity (Wildman–Crippen MR) is 71.3 cm³/mol. The van der Waals surface area contributed by atoms with Crippen LogP contribution in [0.5, 0.6) is 0 Å². The Morgan fingerprint density at radius 1 is 1.42 bits per heavy atom. The van der Waals surface area contributed by atoms with E-state index in [-0.39, 0.29) is 17.8 Å². The van der Waals surface area contributed by atoms with Crippen LogP contribution in [0.15, 0.2) is 18.3 Å². The quantitative estimate of drug-likeness (QED) is 0.739. The minimum atomic E-state index is -0.206. The van der Waals surface area contributed by atoms with Gasteiger partial charge in [-0.2, -0.15) is 5.26 Å². The Hall–Kier alpha value is -2.39. The lowest BCUT2D eigenvalue weighted by Gasteiger charge is -2.32. The van der Waals surface area contributed by atoms with Gasteiger partial charge in [-0.05, 0) is 25.0 Å². The molecule has 1 aliphatic carbocycles. The van der Waals surface area contributed by atoms with Gasteiger partial charge >= 0.3 is 0 Å². The molecular formula is C13H13N5O. The number of nitrogens with zero attached hydrogens (tertiary/aromatic N) is 3. The number of aromatic nitrogens is 2. The summed E-state index contributed by atoms with van der Waals surface area (Å²) in [6.45, 7) is 0. The first-order valence-electron chi connectivity index (χ1n) is 6.06. The van der Waals surface area contributed by atoms with Crippen LogP contribution >= 0.6 is 0 Å². The molecule has 2 heterocycles. The standard InChI is InChI=1S/C13H13N5O/c14-5-9-1-7-6-16-12(4-11(7)13(15)18-9)17-8-2-10(19)3-8/h1,4,6,8,10,19H,2-3H2,(H2,15,18)(H,16,17)/t8-,10+. The molecule has 0 aliphatic heterocycles. The molecule has 0 atom stereocenters. The molecule has 6 nitrogen and oxygen atoms in total. The van der Waals surface area contributed by atoms with Gasteiger partial charge in [0.15, 0.2) is 0 Å². The number of nitriles is 1. The van der Waals surface area contributed by atoms with E-state index in [2.05, 4.69) is 15.3 Å². The number of hydrogen-bond donors (Lipinski definition) is 3. The number of nitrogen functional groups attached to an aromatic ring is 1. The molecular weight excluding hydrogens is 242 g/mol. The first-order chi connectivity index (χ1) is 9.15. The average Bonchev–Trinajstić information content (AvgIpc) is 2.37. The molecule has 96 valence electrons. The van der Waals surface area contributed by atoms with E-state index in [0.717, 1.165) is 23.6 Å². The zero-order chi connectivity index (χ0) is 13.4. The Morgan fingerprint density at radius 2 is 2.21 bits per heavy atom. The molecule has 1 aliphatic rings. The minimum Gasteiger partial charge on any atom is -0.393 e. The highest BCUT2D eigenvalue weighted by molar-refractivity contribution is 5.92. The zero-order valence-corrected chi connectivity index (χ0v) is 10.2. The number of anilines is 2. The van der Waals surface area contributed by atoms with Gasteiger partial charge in [-0.15, -0.1) is 0 Å². The van der Waals surface area contributed by atoms with Crippen molar-refractivity contribution in [3.8, 4) is 6.07 Å². The fourth-order valence-electron chi connectivity index (χ4n) is 2.22. The second kappa shape index (κ2) is 4.37. The maximum atomic E-state index is 9.25. The molecule has 19 heavy (non-hydrogen) atoms. The third-order valence-corrected chi connectivity index (χ3v) is 3.32. The highest BCUT2D eigenvalue weighted by Gasteiger charge is 2.27. The monoisotopic (exact) mass is 255 g/mol. The van der Waals surface area contributed by atoms with Crippen LogP contribution in [0.2, 0.25) is 0 Å². The largest absolute Gasteiger partial charge is 0.393 e. The van der Waals surface area contributed by atoms with Crippen molar-refractivity contribution in [2.24, 2.45) is 0 Å². The van der Waals surface area contributed by atoms with Crippen molar-refractivity contribution >= 4 is 22.4 Å². The molecule has 0 aromatic carbocycles. The predicted octanol–water partition coefficient (Wildman–Crippen LogP) is 1.02. The van der Waals surface area contributed by atoms with Crippen LogP contribution in [0.3, 0.4) is 0 Å². The molecule has 1 fully saturated rings. The second-order valence-corrected chi connectivity index (χ2v) is 4.76. The Balaban J connectivity index is 1.92. The molecule has 1 saturated carbocycles. The summed E-state index contributed by atoms with van der Waals surface area (Å²) in [6.07, 6.45) is 2.94. The van der Waals surface area contributed by atoms with Crippen molar-refractivity contribution < 1.29 is 5.11 Å². The van der Waals surface area contributed by atoms with E-state index >= 15 is 0 Å². The Kier molecular flexibility index (Phi) is 2.69. The van der Waals surface area contributed by atoms with Crippen molar-refractivity contribution in [1.29, 1.82) is 5.26 Å². The topological polar surface area (TPSA) is 108 Å². The molecule has 6 heteroatoms. The van der Waals surface area contributed by atoms with Gasteiger partial charge in [0.2, 0.25) is 0 Å². The number of aliphatic hydroxyl groups excluding tert-OH is 1. The van der Waals surface area contributed by atoms with Crippen molar-refractivity contribution in [1.82, 2.24) is 9.97 Å². The van der Waals surface area contributed by atoms with Crippen LogP contribution in [-0.2, 0) is 0 Å². The van der Waals surface area contributed by atoms with Crippen molar-refractivity contribution in [2.75, 3.05) is 11.1 Å². The van der Waals surface area contributed by atoms with Crippen LogP contribution < -0.4 is 11.1 Å². The Labute approximate surface area is 109 Å². The number of nitrogens with two attached hydrogens (primary N) is 1. The summed E-state index contributed by atoms with van der Waals surface area (Å²) in [4.78, 5) is 8.29. The van der Waals surface area contributed by atoms with E-state index in [1.54, 1.807) is 12.3 Å². The zero-order valence-electron chi connectivity index (χ0n) is 10.2. The van der Waals surface area contributed by atoms with E-state index in [1.165, 1.54) is 0 Å². The summed E-state index contributed by atoms with van der Waals surface area (Å²) in [6, 6.07) is 5.71. The van der Waals surface area contributed by atoms with Crippen LogP contribution in [-0.4, -0.2) is 27.2 Å². The lowest BCUT2D eigenvalue weighted by atomic mass is 9.89. The summed E-state index contributed by atoms with van der Waals surface area (Å²) >= 11 is 0. The van der Waals surface area contributed by atoms with E-state index in [0.29, 0.717) is 11.6 Å². The minimum absolute atomic E-state index is 0.206. The van der Waals surface area contributed by atoms with Gasteiger partial charge < -0.3 is 16.2 Å². The maximum Gasteiger partial charge on any atom is 0.143 e. The van der Waals surface area contributed by atoms with Crippen molar-refractivity contribution in [2.45, 2.75) is 25.0 Å². The van der Waals surface area contributed by atoms with E-state index in [9.17, 15) is 5.11 Å². The van der Waals surface area contributed by atoms with Gasteiger partial charge in [0.25, 0.3) is 0 Å². The Bertz CT molecular complexity index is 673. The van der Waals surface area contributed by atoms with Crippen LogP contribution in [0.1, 0.15) is 18.5 Å². The molecule has 0 saturated heterocycles. The van der Waals surface area contributed by atoms with Crippen molar-refractivity contribution in [3.05, 3.63) is 24.0 Å². The molecule has 0 spiro atoms. The second-order valence-electron chi connectivity index (χ2n) is 4.76.